The van der Waals surface area contributed by atoms with E-state index in [9.17, 15) is 0 Å². The van der Waals surface area contributed by atoms with E-state index in [1.807, 2.05) is 18.5 Å². The Morgan fingerprint density at radius 3 is 2.96 bits per heavy atom. The fourth-order valence-corrected chi connectivity index (χ4v) is 2.65. The van der Waals surface area contributed by atoms with E-state index in [0.29, 0.717) is 30.0 Å². The van der Waals surface area contributed by atoms with E-state index in [-0.39, 0.29) is 0 Å². The van der Waals surface area contributed by atoms with Gasteiger partial charge in [0.15, 0.2) is 0 Å². The van der Waals surface area contributed by atoms with Crippen LogP contribution in [-0.2, 0) is 4.74 Å². The van der Waals surface area contributed by atoms with Gasteiger partial charge in [0, 0.05) is 43.4 Å². The van der Waals surface area contributed by atoms with Gasteiger partial charge in [-0.1, -0.05) is 11.6 Å². The molecule has 122 valence electrons. The first-order valence-corrected chi connectivity index (χ1v) is 7.70. The topological polar surface area (TPSA) is 81.6 Å². The molecule has 9 heteroatoms. The van der Waals surface area contributed by atoms with Crippen LogP contribution in [0.3, 0.4) is 0 Å². The molecular weight excluding hydrogens is 330 g/mol. The number of methoxy groups -OCH3 is 1. The van der Waals surface area contributed by atoms with Gasteiger partial charge in [0.05, 0.1) is 24.5 Å². The molecule has 0 aliphatic carbocycles. The van der Waals surface area contributed by atoms with E-state index in [1.165, 1.54) is 0 Å². The maximum atomic E-state index is 6.12. The van der Waals surface area contributed by atoms with Gasteiger partial charge in [-0.3, -0.25) is 4.40 Å². The summed E-state index contributed by atoms with van der Waals surface area (Å²) in [6.07, 6.45) is 8.90. The number of anilines is 1. The van der Waals surface area contributed by atoms with Crippen molar-refractivity contribution in [3.63, 3.8) is 0 Å². The van der Waals surface area contributed by atoms with Gasteiger partial charge < -0.3 is 10.1 Å². The Morgan fingerprint density at radius 1 is 1.21 bits per heavy atom. The number of hydrogen-bond donors (Lipinski definition) is 1. The number of nitrogens with zero attached hydrogens (tertiary/aromatic N) is 6. The van der Waals surface area contributed by atoms with Crippen LogP contribution in [0.1, 0.15) is 0 Å². The van der Waals surface area contributed by atoms with Gasteiger partial charge in [0.25, 0.3) is 0 Å². The number of aromatic nitrogens is 6. The first-order chi connectivity index (χ1) is 11.8. The van der Waals surface area contributed by atoms with Crippen molar-refractivity contribution >= 4 is 28.8 Å². The summed E-state index contributed by atoms with van der Waals surface area (Å²) in [4.78, 5) is 12.8. The lowest BCUT2D eigenvalue weighted by Crippen LogP contribution is -2.11. The molecule has 0 aromatic carbocycles. The zero-order valence-corrected chi connectivity index (χ0v) is 13.6. The second-order valence-corrected chi connectivity index (χ2v) is 5.54. The molecule has 0 atom stereocenters. The molecular formula is C15H14ClN7O. The van der Waals surface area contributed by atoms with Crippen LogP contribution in [0.15, 0.2) is 37.1 Å². The first-order valence-electron chi connectivity index (χ1n) is 7.32. The van der Waals surface area contributed by atoms with Crippen LogP contribution >= 0.6 is 11.6 Å². The molecule has 0 saturated heterocycles. The molecule has 1 N–H and O–H groups in total. The summed E-state index contributed by atoms with van der Waals surface area (Å²) in [7, 11) is 1.65. The third-order valence-corrected chi connectivity index (χ3v) is 3.92. The summed E-state index contributed by atoms with van der Waals surface area (Å²) in [5, 5.41) is 8.06. The molecule has 0 saturated carbocycles. The highest BCUT2D eigenvalue weighted by Crippen LogP contribution is 2.25. The summed E-state index contributed by atoms with van der Waals surface area (Å²) < 4.78 is 8.51. The summed E-state index contributed by atoms with van der Waals surface area (Å²) in [5.41, 5.74) is 2.76. The summed E-state index contributed by atoms with van der Waals surface area (Å²) in [5.74, 6) is 1.11. The van der Waals surface area contributed by atoms with E-state index >= 15 is 0 Å². The molecule has 0 aliphatic heterocycles. The maximum absolute atomic E-state index is 6.12. The van der Waals surface area contributed by atoms with Crippen molar-refractivity contribution < 1.29 is 4.74 Å². The second-order valence-electron chi connectivity index (χ2n) is 5.15. The van der Waals surface area contributed by atoms with Crippen LogP contribution < -0.4 is 5.32 Å². The van der Waals surface area contributed by atoms with Gasteiger partial charge in [-0.05, 0) is 6.07 Å². The third-order valence-electron chi connectivity index (χ3n) is 3.64. The lowest BCUT2D eigenvalue weighted by atomic mass is 10.1. The molecule has 0 unspecified atom stereocenters. The van der Waals surface area contributed by atoms with E-state index in [1.54, 1.807) is 34.6 Å². The zero-order valence-electron chi connectivity index (χ0n) is 12.8. The Bertz CT molecular complexity index is 1010. The predicted molar refractivity (Wildman–Crippen MR) is 90.3 cm³/mol. The quantitative estimate of drug-likeness (QED) is 0.559. The largest absolute Gasteiger partial charge is 0.383 e. The Balaban J connectivity index is 1.72. The summed E-state index contributed by atoms with van der Waals surface area (Å²) in [6.45, 7) is 1.24. The van der Waals surface area contributed by atoms with E-state index in [4.69, 9.17) is 16.3 Å². The lowest BCUT2D eigenvalue weighted by molar-refractivity contribution is 0.210. The van der Waals surface area contributed by atoms with Gasteiger partial charge >= 0.3 is 0 Å². The highest BCUT2D eigenvalue weighted by molar-refractivity contribution is 6.29. The fourth-order valence-electron chi connectivity index (χ4n) is 2.47. The monoisotopic (exact) mass is 343 g/mol. The Morgan fingerprint density at radius 2 is 2.08 bits per heavy atom. The molecule has 0 aliphatic rings. The van der Waals surface area contributed by atoms with Gasteiger partial charge in [-0.15, -0.1) is 5.10 Å². The van der Waals surface area contributed by atoms with E-state index in [0.717, 1.165) is 16.6 Å². The van der Waals surface area contributed by atoms with E-state index < -0.39 is 0 Å². The van der Waals surface area contributed by atoms with Crippen LogP contribution in [0.2, 0.25) is 5.15 Å². The van der Waals surface area contributed by atoms with Crippen molar-refractivity contribution in [1.82, 2.24) is 29.0 Å². The normalized spacial score (nSPS) is 11.4. The molecule has 4 aromatic rings. The van der Waals surface area contributed by atoms with Gasteiger partial charge in [-0.2, -0.15) is 0 Å². The molecule has 4 rings (SSSR count). The highest BCUT2D eigenvalue weighted by Gasteiger charge is 2.10. The Kier molecular flexibility index (Phi) is 3.75. The van der Waals surface area contributed by atoms with Crippen molar-refractivity contribution in [3.8, 4) is 11.1 Å². The lowest BCUT2D eigenvalue weighted by Gasteiger charge is -2.05. The van der Waals surface area contributed by atoms with Crippen LogP contribution in [-0.4, -0.2) is 49.2 Å². The molecule has 4 heterocycles. The van der Waals surface area contributed by atoms with Gasteiger partial charge in [0.2, 0.25) is 11.7 Å². The van der Waals surface area contributed by atoms with Gasteiger partial charge in [-0.25, -0.2) is 19.5 Å². The average Bonchev–Trinajstić information content (AvgIpc) is 3.18. The molecule has 24 heavy (non-hydrogen) atoms. The van der Waals surface area contributed by atoms with Crippen LogP contribution in [0.25, 0.3) is 22.4 Å². The Labute approximate surface area is 142 Å². The zero-order chi connectivity index (χ0) is 16.5. The molecule has 0 radical (unpaired) electrons. The first kappa shape index (κ1) is 14.9. The van der Waals surface area contributed by atoms with Crippen molar-refractivity contribution in [2.45, 2.75) is 0 Å². The van der Waals surface area contributed by atoms with Crippen molar-refractivity contribution in [2.24, 2.45) is 0 Å². The fraction of sp³-hybridized carbons (Fsp3) is 0.200. The molecule has 0 fully saturated rings. The third kappa shape index (κ3) is 2.55. The molecule has 8 nitrogen and oxygen atoms in total. The SMILES string of the molecule is COCCNc1ncc2c(-c3cnc4ncc(Cl)n4c3)ccn2n1. The minimum Gasteiger partial charge on any atom is -0.383 e. The predicted octanol–water partition coefficient (Wildman–Crippen LogP) is 2.15. The molecule has 0 amide bonds. The second kappa shape index (κ2) is 6.06. The number of nitrogens with one attached hydrogen (secondary N) is 1. The molecule has 0 bridgehead atoms. The number of hydrogen-bond acceptors (Lipinski definition) is 6. The number of rotatable bonds is 5. The van der Waals surface area contributed by atoms with Crippen molar-refractivity contribution in [3.05, 3.63) is 42.2 Å². The van der Waals surface area contributed by atoms with Gasteiger partial charge in [0.1, 0.15) is 5.15 Å². The van der Waals surface area contributed by atoms with Crippen LogP contribution in [0.4, 0.5) is 5.95 Å². The molecule has 4 aromatic heterocycles. The summed E-state index contributed by atoms with van der Waals surface area (Å²) in [6, 6.07) is 1.97. The van der Waals surface area contributed by atoms with E-state index in [2.05, 4.69) is 25.4 Å². The number of fused-ring (bicyclic) bond motifs is 2. The van der Waals surface area contributed by atoms with Crippen LogP contribution in [0, 0.1) is 0 Å². The maximum Gasteiger partial charge on any atom is 0.241 e. The molecule has 0 spiro atoms. The smallest absolute Gasteiger partial charge is 0.241 e. The number of imidazole rings is 1. The number of halogens is 1. The number of ether oxygens (including phenoxy) is 1. The van der Waals surface area contributed by atoms with Crippen LogP contribution in [0.5, 0.6) is 0 Å². The average molecular weight is 344 g/mol. The highest BCUT2D eigenvalue weighted by atomic mass is 35.5. The van der Waals surface area contributed by atoms with Crippen molar-refractivity contribution in [2.75, 3.05) is 25.6 Å². The summed E-state index contributed by atoms with van der Waals surface area (Å²) >= 11 is 6.12. The van der Waals surface area contributed by atoms with Crippen molar-refractivity contribution in [1.29, 1.82) is 0 Å². The minimum absolute atomic E-state index is 0.517. The standard InChI is InChI=1S/C15H14ClN7O/c1-24-5-3-17-14-18-7-12-11(2-4-23(12)21-14)10-6-19-15-20-8-13(16)22(15)9-10/h2,4,6-9H,3,5H2,1H3,(H,17,21). The Hall–Kier alpha value is -2.71. The minimum atomic E-state index is 0.517.